The van der Waals surface area contributed by atoms with Gasteiger partial charge in [0.1, 0.15) is 0 Å². The molecule has 0 aliphatic carbocycles. The summed E-state index contributed by atoms with van der Waals surface area (Å²) in [7, 11) is 1.89. The van der Waals surface area contributed by atoms with Gasteiger partial charge in [-0.3, -0.25) is 4.99 Å². The van der Waals surface area contributed by atoms with Crippen molar-refractivity contribution in [3.63, 3.8) is 0 Å². The summed E-state index contributed by atoms with van der Waals surface area (Å²) in [6, 6.07) is 10.8. The second-order valence-corrected chi connectivity index (χ2v) is 5.52. The molecule has 2 rings (SSSR count). The van der Waals surface area contributed by atoms with Gasteiger partial charge in [-0.2, -0.15) is 0 Å². The number of hydrogen-bond acceptors (Lipinski definition) is 1. The van der Waals surface area contributed by atoms with Gasteiger partial charge in [-0.25, -0.2) is 0 Å². The molecule has 118 valence electrons. The molecule has 1 aromatic rings. The fourth-order valence-electron chi connectivity index (χ4n) is 2.86. The maximum atomic E-state index is 4.43. The number of aliphatic imine (C=N–C) groups is 1. The molecule has 1 fully saturated rings. The number of guanidine groups is 1. The van der Waals surface area contributed by atoms with Gasteiger partial charge in [0.25, 0.3) is 0 Å². The molecule has 1 unspecified atom stereocenters. The van der Waals surface area contributed by atoms with E-state index in [1.165, 1.54) is 31.2 Å². The molecule has 1 saturated heterocycles. The van der Waals surface area contributed by atoms with Gasteiger partial charge in [0.05, 0.1) is 0 Å². The van der Waals surface area contributed by atoms with E-state index in [0.717, 1.165) is 25.6 Å². The van der Waals surface area contributed by atoms with Crippen molar-refractivity contribution in [3.05, 3.63) is 35.9 Å². The molecule has 1 aliphatic rings. The van der Waals surface area contributed by atoms with E-state index in [0.29, 0.717) is 5.92 Å². The van der Waals surface area contributed by atoms with Crippen LogP contribution in [0.25, 0.3) is 0 Å². The van der Waals surface area contributed by atoms with Gasteiger partial charge in [-0.05, 0) is 18.4 Å². The van der Waals surface area contributed by atoms with E-state index >= 15 is 0 Å². The van der Waals surface area contributed by atoms with Crippen LogP contribution in [0.15, 0.2) is 35.3 Å². The lowest BCUT2D eigenvalue weighted by molar-refractivity contribution is 0.483. The van der Waals surface area contributed by atoms with Crippen molar-refractivity contribution < 1.29 is 0 Å². The highest BCUT2D eigenvalue weighted by molar-refractivity contribution is 14.0. The molecule has 21 heavy (non-hydrogen) atoms. The Morgan fingerprint density at radius 3 is 2.71 bits per heavy atom. The number of likely N-dealkylation sites (tertiary alicyclic amines) is 1. The van der Waals surface area contributed by atoms with Gasteiger partial charge in [-0.15, -0.1) is 24.0 Å². The zero-order valence-corrected chi connectivity index (χ0v) is 15.5. The molecule has 4 heteroatoms. The summed E-state index contributed by atoms with van der Waals surface area (Å²) < 4.78 is 0. The van der Waals surface area contributed by atoms with Crippen molar-refractivity contribution in [3.8, 4) is 0 Å². The topological polar surface area (TPSA) is 27.6 Å². The summed E-state index contributed by atoms with van der Waals surface area (Å²) in [5.74, 6) is 1.71. The second kappa shape index (κ2) is 10.0. The molecule has 1 aliphatic heterocycles. The summed E-state index contributed by atoms with van der Waals surface area (Å²) in [4.78, 5) is 6.82. The Labute approximate surface area is 146 Å². The molecule has 0 bridgehead atoms. The standard InChI is InChI=1S/C17H27N3.HI/c1-3-4-8-12-19-17(18-2)20-13-11-16(14-20)15-9-6-5-7-10-15;/h5-7,9-10,16H,3-4,8,11-14H2,1-2H3,(H,18,19);1H. The molecule has 1 N–H and O–H groups in total. The Balaban J connectivity index is 0.00000220. The smallest absolute Gasteiger partial charge is 0.193 e. The van der Waals surface area contributed by atoms with Crippen LogP contribution < -0.4 is 5.32 Å². The predicted octanol–water partition coefficient (Wildman–Crippen LogP) is 3.86. The van der Waals surface area contributed by atoms with Crippen molar-refractivity contribution in [2.75, 3.05) is 26.7 Å². The van der Waals surface area contributed by atoms with Gasteiger partial charge in [0, 0.05) is 32.6 Å². The minimum atomic E-state index is 0. The molecule has 1 aromatic carbocycles. The van der Waals surface area contributed by atoms with Crippen LogP contribution in [0.4, 0.5) is 0 Å². The number of unbranched alkanes of at least 4 members (excludes halogenated alkanes) is 2. The third-order valence-corrected chi connectivity index (χ3v) is 4.03. The van der Waals surface area contributed by atoms with Crippen LogP contribution in [0.3, 0.4) is 0 Å². The summed E-state index contributed by atoms with van der Waals surface area (Å²) in [6.07, 6.45) is 5.00. The second-order valence-electron chi connectivity index (χ2n) is 5.52. The van der Waals surface area contributed by atoms with Crippen LogP contribution in [0.2, 0.25) is 0 Å². The van der Waals surface area contributed by atoms with Crippen molar-refractivity contribution in [2.45, 2.75) is 38.5 Å². The number of nitrogens with zero attached hydrogens (tertiary/aromatic N) is 2. The van der Waals surface area contributed by atoms with Crippen molar-refractivity contribution >= 4 is 29.9 Å². The van der Waals surface area contributed by atoms with E-state index in [1.807, 2.05) is 7.05 Å². The van der Waals surface area contributed by atoms with E-state index in [4.69, 9.17) is 0 Å². The van der Waals surface area contributed by atoms with Crippen LogP contribution in [-0.4, -0.2) is 37.5 Å². The van der Waals surface area contributed by atoms with Crippen LogP contribution in [0.1, 0.15) is 44.1 Å². The fraction of sp³-hybridized carbons (Fsp3) is 0.588. The lowest BCUT2D eigenvalue weighted by atomic mass is 9.99. The SMILES string of the molecule is CCCCCNC(=NC)N1CCC(c2ccccc2)C1.I. The van der Waals surface area contributed by atoms with E-state index in [1.54, 1.807) is 0 Å². The molecule has 1 heterocycles. The van der Waals surface area contributed by atoms with Gasteiger partial charge in [0.15, 0.2) is 5.96 Å². The Bertz CT molecular complexity index is 419. The quantitative estimate of drug-likeness (QED) is 0.351. The largest absolute Gasteiger partial charge is 0.356 e. The maximum absolute atomic E-state index is 4.43. The summed E-state index contributed by atoms with van der Waals surface area (Å²) in [5, 5.41) is 3.49. The van der Waals surface area contributed by atoms with Gasteiger partial charge < -0.3 is 10.2 Å². The Kier molecular flexibility index (Phi) is 8.73. The first-order valence-electron chi connectivity index (χ1n) is 7.85. The highest BCUT2D eigenvalue weighted by atomic mass is 127. The monoisotopic (exact) mass is 401 g/mol. The molecule has 0 amide bonds. The molecule has 0 radical (unpaired) electrons. The molecule has 0 spiro atoms. The number of hydrogen-bond donors (Lipinski definition) is 1. The van der Waals surface area contributed by atoms with Crippen LogP contribution >= 0.6 is 24.0 Å². The van der Waals surface area contributed by atoms with E-state index in [9.17, 15) is 0 Å². The highest BCUT2D eigenvalue weighted by Crippen LogP contribution is 2.26. The zero-order valence-electron chi connectivity index (χ0n) is 13.2. The van der Waals surface area contributed by atoms with Gasteiger partial charge in [-0.1, -0.05) is 50.1 Å². The first-order valence-corrected chi connectivity index (χ1v) is 7.85. The summed E-state index contributed by atoms with van der Waals surface area (Å²) in [6.45, 7) is 5.46. The average molecular weight is 401 g/mol. The van der Waals surface area contributed by atoms with Crippen LogP contribution in [0, 0.1) is 0 Å². The van der Waals surface area contributed by atoms with Crippen LogP contribution in [0.5, 0.6) is 0 Å². The lowest BCUT2D eigenvalue weighted by Crippen LogP contribution is -2.40. The van der Waals surface area contributed by atoms with Crippen molar-refractivity contribution in [1.82, 2.24) is 10.2 Å². The molecular weight excluding hydrogens is 373 g/mol. The molecule has 1 atom stereocenters. The van der Waals surface area contributed by atoms with Crippen molar-refractivity contribution in [1.29, 1.82) is 0 Å². The Morgan fingerprint density at radius 2 is 2.05 bits per heavy atom. The van der Waals surface area contributed by atoms with Crippen molar-refractivity contribution in [2.24, 2.45) is 4.99 Å². The Hall–Kier alpha value is -0.780. The summed E-state index contributed by atoms with van der Waals surface area (Å²) >= 11 is 0. The molecule has 0 saturated carbocycles. The average Bonchev–Trinajstić information content (AvgIpc) is 2.98. The summed E-state index contributed by atoms with van der Waals surface area (Å²) in [5.41, 5.74) is 1.46. The minimum absolute atomic E-state index is 0. The van der Waals surface area contributed by atoms with E-state index in [2.05, 4.69) is 52.5 Å². The third-order valence-electron chi connectivity index (χ3n) is 4.03. The first-order chi connectivity index (χ1) is 9.85. The Morgan fingerprint density at radius 1 is 1.29 bits per heavy atom. The first kappa shape index (κ1) is 18.3. The lowest BCUT2D eigenvalue weighted by Gasteiger charge is -2.21. The van der Waals surface area contributed by atoms with Gasteiger partial charge in [0.2, 0.25) is 0 Å². The molecular formula is C17H28IN3. The number of benzene rings is 1. The number of halogens is 1. The van der Waals surface area contributed by atoms with Crippen LogP contribution in [-0.2, 0) is 0 Å². The normalized spacial score (nSPS) is 18.5. The third kappa shape index (κ3) is 5.49. The number of nitrogens with one attached hydrogen (secondary N) is 1. The fourth-order valence-corrected chi connectivity index (χ4v) is 2.86. The molecule has 0 aromatic heterocycles. The molecule has 3 nitrogen and oxygen atoms in total. The number of rotatable bonds is 5. The predicted molar refractivity (Wildman–Crippen MR) is 102 cm³/mol. The van der Waals surface area contributed by atoms with E-state index in [-0.39, 0.29) is 24.0 Å². The zero-order chi connectivity index (χ0) is 14.2. The minimum Gasteiger partial charge on any atom is -0.356 e. The highest BCUT2D eigenvalue weighted by Gasteiger charge is 2.25. The maximum Gasteiger partial charge on any atom is 0.193 e. The van der Waals surface area contributed by atoms with Gasteiger partial charge >= 0.3 is 0 Å². The van der Waals surface area contributed by atoms with E-state index < -0.39 is 0 Å².